The van der Waals surface area contributed by atoms with Gasteiger partial charge in [0.05, 0.1) is 12.1 Å². The van der Waals surface area contributed by atoms with Crippen molar-refractivity contribution >= 4 is 23.2 Å². The number of rotatable bonds is 6. The average Bonchev–Trinajstić information content (AvgIpc) is 3.10. The van der Waals surface area contributed by atoms with Crippen LogP contribution in [-0.4, -0.2) is 23.5 Å². The molecule has 2 amide bonds. The molecule has 0 aliphatic heterocycles. The Morgan fingerprint density at radius 2 is 1.87 bits per heavy atom. The first-order chi connectivity index (χ1) is 11.1. The molecule has 5 nitrogen and oxygen atoms in total. The zero-order valence-electron chi connectivity index (χ0n) is 12.9. The van der Waals surface area contributed by atoms with Crippen LogP contribution in [0.5, 0.6) is 0 Å². The van der Waals surface area contributed by atoms with E-state index in [1.165, 1.54) is 11.3 Å². The molecule has 2 rings (SSSR count). The van der Waals surface area contributed by atoms with E-state index in [4.69, 9.17) is 0 Å². The second-order valence-electron chi connectivity index (χ2n) is 5.22. The summed E-state index contributed by atoms with van der Waals surface area (Å²) in [6.07, 6.45) is -0.267. The van der Waals surface area contributed by atoms with Gasteiger partial charge in [-0.2, -0.15) is 11.3 Å². The zero-order valence-corrected chi connectivity index (χ0v) is 13.7. The van der Waals surface area contributed by atoms with Crippen LogP contribution in [0.15, 0.2) is 47.2 Å². The van der Waals surface area contributed by atoms with Crippen molar-refractivity contribution < 1.29 is 14.7 Å². The Labute approximate surface area is 139 Å². The highest BCUT2D eigenvalue weighted by molar-refractivity contribution is 7.07. The highest BCUT2D eigenvalue weighted by atomic mass is 32.1. The first-order valence-corrected chi connectivity index (χ1v) is 8.36. The lowest BCUT2D eigenvalue weighted by molar-refractivity contribution is -0.139. The average molecular weight is 332 g/mol. The quantitative estimate of drug-likeness (QED) is 0.709. The fraction of sp³-hybridized carbons (Fsp3) is 0.294. The summed E-state index contributed by atoms with van der Waals surface area (Å²) in [4.78, 5) is 23.6. The molecule has 6 heteroatoms. The van der Waals surface area contributed by atoms with Gasteiger partial charge in [-0.3, -0.25) is 9.59 Å². The van der Waals surface area contributed by atoms with Gasteiger partial charge in [0.2, 0.25) is 0 Å². The number of amides is 2. The van der Waals surface area contributed by atoms with Crippen LogP contribution in [-0.2, 0) is 9.59 Å². The molecule has 23 heavy (non-hydrogen) atoms. The molecule has 2 atom stereocenters. The fourth-order valence-corrected chi connectivity index (χ4v) is 2.83. The van der Waals surface area contributed by atoms with Crippen LogP contribution in [0.1, 0.15) is 36.6 Å². The lowest BCUT2D eigenvalue weighted by atomic mass is 10.1. The van der Waals surface area contributed by atoms with Crippen molar-refractivity contribution in [1.82, 2.24) is 10.6 Å². The molecule has 122 valence electrons. The van der Waals surface area contributed by atoms with Crippen molar-refractivity contribution in [3.05, 3.63) is 58.3 Å². The van der Waals surface area contributed by atoms with Gasteiger partial charge in [0.1, 0.15) is 0 Å². The third-order valence-corrected chi connectivity index (χ3v) is 4.19. The molecule has 0 fully saturated rings. The SMILES string of the molecule is C[C@@H](NC(=O)C(=O)NCC[C@@H](O)c1ccsc1)c1ccccc1. The first-order valence-electron chi connectivity index (χ1n) is 7.41. The Morgan fingerprint density at radius 3 is 2.52 bits per heavy atom. The maximum absolute atomic E-state index is 11.8. The second kappa shape index (κ2) is 8.45. The monoisotopic (exact) mass is 332 g/mol. The molecule has 3 N–H and O–H groups in total. The van der Waals surface area contributed by atoms with Crippen LogP contribution in [0.3, 0.4) is 0 Å². The summed E-state index contributed by atoms with van der Waals surface area (Å²) in [7, 11) is 0. The number of benzene rings is 1. The van der Waals surface area contributed by atoms with Gasteiger partial charge in [-0.15, -0.1) is 0 Å². The van der Waals surface area contributed by atoms with Crippen molar-refractivity contribution in [2.75, 3.05) is 6.54 Å². The number of hydrogen-bond donors (Lipinski definition) is 3. The van der Waals surface area contributed by atoms with E-state index in [0.29, 0.717) is 6.42 Å². The standard InChI is InChI=1S/C17H20N2O3S/c1-12(13-5-3-2-4-6-13)19-17(22)16(21)18-9-7-15(20)14-8-10-23-11-14/h2-6,8,10-12,15,20H,7,9H2,1H3,(H,18,21)(H,19,22)/t12-,15-/m1/s1. The Hall–Kier alpha value is -2.18. The lowest BCUT2D eigenvalue weighted by Gasteiger charge is -2.14. The number of thiophene rings is 1. The summed E-state index contributed by atoms with van der Waals surface area (Å²) < 4.78 is 0. The molecule has 0 saturated heterocycles. The van der Waals surface area contributed by atoms with Gasteiger partial charge < -0.3 is 15.7 Å². The van der Waals surface area contributed by atoms with Gasteiger partial charge >= 0.3 is 11.8 Å². The molecule has 0 saturated carbocycles. The van der Waals surface area contributed by atoms with Crippen molar-refractivity contribution in [3.63, 3.8) is 0 Å². The lowest BCUT2D eigenvalue weighted by Crippen LogP contribution is -2.41. The largest absolute Gasteiger partial charge is 0.388 e. The Bertz CT molecular complexity index is 629. The molecule has 1 aromatic heterocycles. The molecule has 0 unspecified atom stereocenters. The van der Waals surface area contributed by atoms with Gasteiger partial charge in [-0.1, -0.05) is 30.3 Å². The first kappa shape index (κ1) is 17.2. The van der Waals surface area contributed by atoms with Crippen LogP contribution in [0.4, 0.5) is 0 Å². The minimum Gasteiger partial charge on any atom is -0.388 e. The molecule has 1 aromatic carbocycles. The summed E-state index contributed by atoms with van der Waals surface area (Å²) in [6, 6.07) is 11.0. The molecule has 0 bridgehead atoms. The van der Waals surface area contributed by atoms with Gasteiger partial charge in [-0.25, -0.2) is 0 Å². The molecule has 0 spiro atoms. The molecular formula is C17H20N2O3S. The minimum atomic E-state index is -0.690. The summed E-state index contributed by atoms with van der Waals surface area (Å²) in [6.45, 7) is 2.06. The van der Waals surface area contributed by atoms with E-state index in [1.54, 1.807) is 0 Å². The second-order valence-corrected chi connectivity index (χ2v) is 6.00. The Kier molecular flexibility index (Phi) is 6.31. The van der Waals surface area contributed by atoms with Crippen LogP contribution in [0.2, 0.25) is 0 Å². The minimum absolute atomic E-state index is 0.239. The maximum atomic E-state index is 11.8. The summed E-state index contributed by atoms with van der Waals surface area (Å²) >= 11 is 1.51. The third-order valence-electron chi connectivity index (χ3n) is 3.48. The molecule has 1 heterocycles. The molecule has 0 radical (unpaired) electrons. The third kappa shape index (κ3) is 5.19. The van der Waals surface area contributed by atoms with E-state index in [1.807, 2.05) is 54.1 Å². The van der Waals surface area contributed by atoms with Crippen molar-refractivity contribution in [1.29, 1.82) is 0 Å². The fourth-order valence-electron chi connectivity index (χ4n) is 2.12. The predicted molar refractivity (Wildman–Crippen MR) is 89.9 cm³/mol. The van der Waals surface area contributed by atoms with Crippen LogP contribution >= 0.6 is 11.3 Å². The van der Waals surface area contributed by atoms with E-state index < -0.39 is 17.9 Å². The van der Waals surface area contributed by atoms with Crippen LogP contribution in [0, 0.1) is 0 Å². The van der Waals surface area contributed by atoms with Gasteiger partial charge in [0.15, 0.2) is 0 Å². The van der Waals surface area contributed by atoms with E-state index in [2.05, 4.69) is 10.6 Å². The summed E-state index contributed by atoms with van der Waals surface area (Å²) in [5, 5.41) is 18.8. The van der Waals surface area contributed by atoms with E-state index in [-0.39, 0.29) is 12.6 Å². The smallest absolute Gasteiger partial charge is 0.309 e. The van der Waals surface area contributed by atoms with Crippen molar-refractivity contribution in [3.8, 4) is 0 Å². The molecule has 0 aliphatic carbocycles. The number of nitrogens with one attached hydrogen (secondary N) is 2. The van der Waals surface area contributed by atoms with Crippen molar-refractivity contribution in [2.45, 2.75) is 25.5 Å². The van der Waals surface area contributed by atoms with Gasteiger partial charge in [-0.05, 0) is 41.3 Å². The highest BCUT2D eigenvalue weighted by Gasteiger charge is 2.17. The maximum Gasteiger partial charge on any atom is 0.309 e. The number of aliphatic hydroxyl groups excluding tert-OH is 1. The van der Waals surface area contributed by atoms with E-state index >= 15 is 0 Å². The van der Waals surface area contributed by atoms with Crippen LogP contribution in [0.25, 0.3) is 0 Å². The predicted octanol–water partition coefficient (Wildman–Crippen LogP) is 2.17. The van der Waals surface area contributed by atoms with Gasteiger partial charge in [0, 0.05) is 6.54 Å². The molecular weight excluding hydrogens is 312 g/mol. The number of aliphatic hydroxyl groups is 1. The number of carbonyl (C=O) groups is 2. The number of hydrogen-bond acceptors (Lipinski definition) is 4. The molecule has 2 aromatic rings. The summed E-state index contributed by atoms with van der Waals surface area (Å²) in [5.74, 6) is -1.36. The summed E-state index contributed by atoms with van der Waals surface area (Å²) in [5.41, 5.74) is 1.76. The Morgan fingerprint density at radius 1 is 1.13 bits per heavy atom. The van der Waals surface area contributed by atoms with E-state index in [9.17, 15) is 14.7 Å². The van der Waals surface area contributed by atoms with Crippen LogP contribution < -0.4 is 10.6 Å². The van der Waals surface area contributed by atoms with E-state index in [0.717, 1.165) is 11.1 Å². The highest BCUT2D eigenvalue weighted by Crippen LogP contribution is 2.18. The topological polar surface area (TPSA) is 78.4 Å². The normalized spacial score (nSPS) is 13.1. The molecule has 0 aliphatic rings. The Balaban J connectivity index is 1.74. The zero-order chi connectivity index (χ0) is 16.7. The number of carbonyl (C=O) groups excluding carboxylic acids is 2. The van der Waals surface area contributed by atoms with Crippen molar-refractivity contribution in [2.24, 2.45) is 0 Å². The van der Waals surface area contributed by atoms with Gasteiger partial charge in [0.25, 0.3) is 0 Å².